The highest BCUT2D eigenvalue weighted by atomic mass is 15.1. The van der Waals surface area contributed by atoms with E-state index in [4.69, 9.17) is 0 Å². The molecule has 0 saturated carbocycles. The number of hydrogen-bond acceptors (Lipinski definition) is 0. The molecule has 11 aromatic rings. The topological polar surface area (TPSA) is 18.7 Å². The molecule has 0 N–H and O–H groups in total. The maximum Gasteiger partial charge on any atom is 0.123 e. The molecule has 46 heavy (non-hydrogen) atoms. The van der Waals surface area contributed by atoms with Crippen LogP contribution in [0.3, 0.4) is 0 Å². The van der Waals surface area contributed by atoms with Crippen LogP contribution in [0.4, 0.5) is 0 Å². The largest absolute Gasteiger partial charge is 0.309 e. The Kier molecular flexibility index (Phi) is 4.55. The second kappa shape index (κ2) is 8.68. The molecular formula is C42H26N4. The summed E-state index contributed by atoms with van der Waals surface area (Å²) in [7, 11) is 0. The first-order chi connectivity index (χ1) is 22.8. The fourth-order valence-electron chi connectivity index (χ4n) is 8.02. The minimum Gasteiger partial charge on any atom is -0.309 e. The predicted molar refractivity (Wildman–Crippen MR) is 192 cm³/mol. The van der Waals surface area contributed by atoms with Crippen LogP contribution in [0.1, 0.15) is 0 Å². The maximum absolute atomic E-state index is 2.49. The molecule has 0 aliphatic carbocycles. The summed E-state index contributed by atoms with van der Waals surface area (Å²) in [4.78, 5) is 0. The number of hydrogen-bond donors (Lipinski definition) is 0. The fourth-order valence-corrected chi connectivity index (χ4v) is 8.02. The maximum atomic E-state index is 2.49. The molecule has 0 atom stereocenters. The van der Waals surface area contributed by atoms with E-state index in [-0.39, 0.29) is 0 Å². The Labute approximate surface area is 263 Å². The van der Waals surface area contributed by atoms with Crippen LogP contribution in [0.25, 0.3) is 88.1 Å². The van der Waals surface area contributed by atoms with Crippen molar-refractivity contribution in [2.24, 2.45) is 0 Å². The van der Waals surface area contributed by atoms with Crippen LogP contribution in [-0.4, -0.2) is 17.9 Å². The third-order valence-corrected chi connectivity index (χ3v) is 9.87. The minimum atomic E-state index is 1.15. The van der Waals surface area contributed by atoms with Gasteiger partial charge in [0.15, 0.2) is 0 Å². The smallest absolute Gasteiger partial charge is 0.123 e. The van der Waals surface area contributed by atoms with E-state index in [9.17, 15) is 0 Å². The summed E-state index contributed by atoms with van der Waals surface area (Å²) in [6, 6.07) is 57.5. The molecule has 4 nitrogen and oxygen atoms in total. The van der Waals surface area contributed by atoms with E-state index >= 15 is 0 Å². The second-order valence-corrected chi connectivity index (χ2v) is 12.3. The second-order valence-electron chi connectivity index (χ2n) is 12.3. The van der Waals surface area contributed by atoms with Crippen molar-refractivity contribution < 1.29 is 0 Å². The van der Waals surface area contributed by atoms with Gasteiger partial charge < -0.3 is 9.13 Å². The molecule has 0 bridgehead atoms. The van der Waals surface area contributed by atoms with E-state index in [1.165, 1.54) is 82.4 Å². The highest BCUT2D eigenvalue weighted by molar-refractivity contribution is 6.17. The molecular weight excluding hydrogens is 560 g/mol. The Hall–Kier alpha value is -6.26. The van der Waals surface area contributed by atoms with Crippen molar-refractivity contribution in [1.82, 2.24) is 17.9 Å². The van der Waals surface area contributed by atoms with Gasteiger partial charge in [0.2, 0.25) is 0 Å². The Bertz CT molecular complexity index is 3020. The molecule has 0 aliphatic rings. The summed E-state index contributed by atoms with van der Waals surface area (Å²) >= 11 is 0. The number of rotatable bonds is 2. The summed E-state index contributed by atoms with van der Waals surface area (Å²) in [6.45, 7) is 0. The van der Waals surface area contributed by atoms with E-state index in [2.05, 4.69) is 176 Å². The van der Waals surface area contributed by atoms with Crippen LogP contribution >= 0.6 is 0 Å². The lowest BCUT2D eigenvalue weighted by atomic mass is 10.1. The number of fused-ring (bicyclic) bond motifs is 15. The van der Waals surface area contributed by atoms with Gasteiger partial charge in [-0.25, -0.2) is 0 Å². The third-order valence-electron chi connectivity index (χ3n) is 9.87. The van der Waals surface area contributed by atoms with Crippen LogP contribution in [0.2, 0.25) is 0 Å². The van der Waals surface area contributed by atoms with Gasteiger partial charge in [-0.15, -0.1) is 0 Å². The van der Waals surface area contributed by atoms with Gasteiger partial charge in [-0.1, -0.05) is 91.0 Å². The SMILES string of the molecule is c1ccc(-n2c3ccccc3c3cc(-n4c5ccccc5c5c4c4cc6ccccc6n4c4cc6ccccc6n54)ccc32)cc1. The van der Waals surface area contributed by atoms with Gasteiger partial charge in [0.1, 0.15) is 5.65 Å². The van der Waals surface area contributed by atoms with Gasteiger partial charge in [0.05, 0.1) is 44.1 Å². The van der Waals surface area contributed by atoms with Crippen LogP contribution < -0.4 is 0 Å². The summed E-state index contributed by atoms with van der Waals surface area (Å²) in [5.41, 5.74) is 13.2. The molecule has 4 heteroatoms. The molecule has 5 aromatic heterocycles. The number of para-hydroxylation sites is 5. The third kappa shape index (κ3) is 2.98. The van der Waals surface area contributed by atoms with Crippen LogP contribution in [0.5, 0.6) is 0 Å². The van der Waals surface area contributed by atoms with Crippen molar-refractivity contribution in [2.75, 3.05) is 0 Å². The first-order valence-electron chi connectivity index (χ1n) is 15.8. The van der Waals surface area contributed by atoms with Crippen molar-refractivity contribution in [3.8, 4) is 11.4 Å². The Morgan fingerprint density at radius 2 is 0.891 bits per heavy atom. The Morgan fingerprint density at radius 1 is 0.304 bits per heavy atom. The van der Waals surface area contributed by atoms with Crippen molar-refractivity contribution in [3.63, 3.8) is 0 Å². The summed E-state index contributed by atoms with van der Waals surface area (Å²) in [6.07, 6.45) is 0. The summed E-state index contributed by atoms with van der Waals surface area (Å²) in [5.74, 6) is 0. The van der Waals surface area contributed by atoms with Crippen molar-refractivity contribution in [1.29, 1.82) is 0 Å². The highest BCUT2D eigenvalue weighted by Crippen LogP contribution is 2.41. The monoisotopic (exact) mass is 586 g/mol. The van der Waals surface area contributed by atoms with E-state index in [1.54, 1.807) is 0 Å². The van der Waals surface area contributed by atoms with E-state index in [0.717, 1.165) is 5.69 Å². The minimum absolute atomic E-state index is 1.15. The zero-order valence-corrected chi connectivity index (χ0v) is 24.8. The van der Waals surface area contributed by atoms with Crippen LogP contribution in [0, 0.1) is 0 Å². The Balaban J connectivity index is 1.36. The molecule has 0 saturated heterocycles. The Morgan fingerprint density at radius 3 is 1.67 bits per heavy atom. The van der Waals surface area contributed by atoms with Gasteiger partial charge in [0.25, 0.3) is 0 Å². The molecule has 11 rings (SSSR count). The lowest BCUT2D eigenvalue weighted by Gasteiger charge is -2.12. The summed E-state index contributed by atoms with van der Waals surface area (Å²) < 4.78 is 9.80. The van der Waals surface area contributed by atoms with Gasteiger partial charge >= 0.3 is 0 Å². The van der Waals surface area contributed by atoms with Crippen LogP contribution in [0.15, 0.2) is 158 Å². The van der Waals surface area contributed by atoms with Crippen molar-refractivity contribution in [3.05, 3.63) is 158 Å². The molecule has 0 unspecified atom stereocenters. The van der Waals surface area contributed by atoms with Gasteiger partial charge in [-0.3, -0.25) is 8.80 Å². The van der Waals surface area contributed by atoms with Gasteiger partial charge in [0, 0.05) is 38.3 Å². The fraction of sp³-hybridized carbons (Fsp3) is 0. The molecule has 0 amide bonds. The quantitative estimate of drug-likeness (QED) is 0.192. The van der Waals surface area contributed by atoms with Crippen molar-refractivity contribution >= 4 is 76.7 Å². The standard InChI is InChI=1S/C42H26N4/c1-2-14-29(15-3-1)43-36-20-10-6-16-31(36)33-26-30(22-23-38(33)43)44-37-21-11-7-17-32(37)41-42(44)39-24-27-12-4-8-18-34(27)45(39)40-25-28-13-5-9-19-35(28)46(40)41/h1-26H. The molecule has 0 spiro atoms. The predicted octanol–water partition coefficient (Wildman–Crippen LogP) is 10.7. The van der Waals surface area contributed by atoms with Crippen molar-refractivity contribution in [2.45, 2.75) is 0 Å². The first-order valence-corrected chi connectivity index (χ1v) is 15.8. The van der Waals surface area contributed by atoms with Gasteiger partial charge in [-0.05, 0) is 66.7 Å². The van der Waals surface area contributed by atoms with E-state index < -0.39 is 0 Å². The zero-order chi connectivity index (χ0) is 29.9. The normalized spacial score (nSPS) is 12.3. The van der Waals surface area contributed by atoms with Gasteiger partial charge in [-0.2, -0.15) is 0 Å². The average Bonchev–Trinajstić information content (AvgIpc) is 3.86. The van der Waals surface area contributed by atoms with E-state index in [1.807, 2.05) is 0 Å². The average molecular weight is 587 g/mol. The molecule has 214 valence electrons. The molecule has 5 heterocycles. The lowest BCUT2D eigenvalue weighted by molar-refractivity contribution is 1.15. The molecule has 6 aromatic carbocycles. The zero-order valence-electron chi connectivity index (χ0n) is 24.8. The summed E-state index contributed by atoms with van der Waals surface area (Å²) in [5, 5.41) is 6.21. The first kappa shape index (κ1) is 24.1. The lowest BCUT2D eigenvalue weighted by Crippen LogP contribution is -2.00. The van der Waals surface area contributed by atoms with Crippen LogP contribution in [-0.2, 0) is 0 Å². The highest BCUT2D eigenvalue weighted by Gasteiger charge is 2.23. The number of aromatic nitrogens is 4. The number of benzene rings is 6. The number of nitrogens with zero attached hydrogens (tertiary/aromatic N) is 4. The molecule has 0 aliphatic heterocycles. The van der Waals surface area contributed by atoms with E-state index in [0.29, 0.717) is 0 Å². The molecule has 0 radical (unpaired) electrons. The molecule has 0 fully saturated rings.